The quantitative estimate of drug-likeness (QED) is 0.785. The molecule has 0 fully saturated rings. The van der Waals surface area contributed by atoms with Gasteiger partial charge >= 0.3 is 0 Å². The van der Waals surface area contributed by atoms with E-state index in [1.54, 1.807) is 18.5 Å². The largest absolute Gasteiger partial charge is 0.378 e. The molecular weight excluding hydrogens is 320 g/mol. The molecule has 0 spiro atoms. The zero-order chi connectivity index (χ0) is 17.1. The summed E-state index contributed by atoms with van der Waals surface area (Å²) in [5, 5.41) is 3.47. The van der Waals surface area contributed by atoms with Gasteiger partial charge in [0, 0.05) is 43.3 Å². The predicted octanol–water partition coefficient (Wildman–Crippen LogP) is 3.83. The van der Waals surface area contributed by atoms with Crippen molar-refractivity contribution in [3.8, 4) is 10.4 Å². The Hall–Kier alpha value is -2.73. The Bertz CT molecular complexity index is 858. The zero-order valence-corrected chi connectivity index (χ0v) is 14.6. The van der Waals surface area contributed by atoms with E-state index in [1.165, 1.54) is 11.3 Å². The molecule has 0 atom stereocenters. The first kappa shape index (κ1) is 16.1. The molecule has 3 rings (SSSR count). The van der Waals surface area contributed by atoms with E-state index in [0.29, 0.717) is 10.7 Å². The Morgan fingerprint density at radius 3 is 2.75 bits per heavy atom. The van der Waals surface area contributed by atoms with Gasteiger partial charge in [-0.2, -0.15) is 0 Å². The zero-order valence-electron chi connectivity index (χ0n) is 13.8. The van der Waals surface area contributed by atoms with E-state index >= 15 is 0 Å². The van der Waals surface area contributed by atoms with Crippen LogP contribution in [0.4, 0.5) is 10.8 Å². The highest BCUT2D eigenvalue weighted by Crippen LogP contribution is 2.32. The second-order valence-corrected chi connectivity index (χ2v) is 6.57. The van der Waals surface area contributed by atoms with Crippen molar-refractivity contribution in [2.75, 3.05) is 24.3 Å². The van der Waals surface area contributed by atoms with Crippen LogP contribution in [-0.4, -0.2) is 30.0 Å². The third kappa shape index (κ3) is 3.44. The summed E-state index contributed by atoms with van der Waals surface area (Å²) in [5.74, 6) is -0.162. The highest BCUT2D eigenvalue weighted by atomic mass is 32.1. The van der Waals surface area contributed by atoms with Crippen LogP contribution in [0.1, 0.15) is 16.1 Å². The number of amides is 1. The number of thiazole rings is 1. The molecule has 0 radical (unpaired) electrons. The van der Waals surface area contributed by atoms with Gasteiger partial charge in [-0.1, -0.05) is 23.5 Å². The smallest absolute Gasteiger partial charge is 0.257 e. The van der Waals surface area contributed by atoms with Crippen LogP contribution in [0.25, 0.3) is 10.4 Å². The average Bonchev–Trinajstić information content (AvgIpc) is 2.96. The van der Waals surface area contributed by atoms with Crippen molar-refractivity contribution >= 4 is 28.1 Å². The first-order valence-corrected chi connectivity index (χ1v) is 8.33. The van der Waals surface area contributed by atoms with Gasteiger partial charge in [-0.15, -0.1) is 0 Å². The number of carbonyl (C=O) groups excluding carboxylic acids is 1. The van der Waals surface area contributed by atoms with Gasteiger partial charge in [-0.3, -0.25) is 15.1 Å². The first-order chi connectivity index (χ1) is 11.5. The van der Waals surface area contributed by atoms with Gasteiger partial charge in [-0.25, -0.2) is 4.98 Å². The van der Waals surface area contributed by atoms with Crippen LogP contribution in [0.3, 0.4) is 0 Å². The van der Waals surface area contributed by atoms with E-state index in [1.807, 2.05) is 56.3 Å². The van der Waals surface area contributed by atoms with Gasteiger partial charge in [0.05, 0.1) is 10.6 Å². The molecule has 24 heavy (non-hydrogen) atoms. The molecule has 1 N–H and O–H groups in total. The number of aryl methyl sites for hydroxylation is 1. The molecule has 0 bridgehead atoms. The van der Waals surface area contributed by atoms with Crippen molar-refractivity contribution < 1.29 is 4.79 Å². The topological polar surface area (TPSA) is 58.1 Å². The van der Waals surface area contributed by atoms with Crippen molar-refractivity contribution in [2.45, 2.75) is 6.92 Å². The summed E-state index contributed by atoms with van der Waals surface area (Å²) in [6, 6.07) is 11.4. The van der Waals surface area contributed by atoms with Gasteiger partial charge in [0.25, 0.3) is 5.91 Å². The van der Waals surface area contributed by atoms with Crippen LogP contribution in [0.15, 0.2) is 48.8 Å². The van der Waals surface area contributed by atoms with Crippen LogP contribution in [0.5, 0.6) is 0 Å². The molecule has 1 aromatic carbocycles. The third-order valence-electron chi connectivity index (χ3n) is 3.57. The summed E-state index contributed by atoms with van der Waals surface area (Å²) in [6.07, 6.45) is 3.53. The van der Waals surface area contributed by atoms with E-state index in [4.69, 9.17) is 0 Å². The highest BCUT2D eigenvalue weighted by Gasteiger charge is 2.13. The van der Waals surface area contributed by atoms with Gasteiger partial charge in [-0.05, 0) is 31.2 Å². The number of pyridine rings is 1. The molecule has 0 saturated carbocycles. The number of nitrogens with zero attached hydrogens (tertiary/aromatic N) is 3. The maximum atomic E-state index is 12.5. The van der Waals surface area contributed by atoms with Crippen molar-refractivity contribution in [2.24, 2.45) is 0 Å². The standard InChI is InChI=1S/C18H18N4OS/c1-12-16(14-7-5-9-19-11-14)24-18(20-12)21-17(23)13-6-4-8-15(10-13)22(2)3/h4-11H,1-3H3,(H,20,21,23). The molecule has 3 aromatic rings. The molecular formula is C18H18N4OS. The van der Waals surface area contributed by atoms with Gasteiger partial charge in [0.1, 0.15) is 0 Å². The first-order valence-electron chi connectivity index (χ1n) is 7.51. The van der Waals surface area contributed by atoms with Gasteiger partial charge in [0.2, 0.25) is 0 Å². The second-order valence-electron chi connectivity index (χ2n) is 5.57. The molecule has 0 saturated heterocycles. The normalized spacial score (nSPS) is 10.5. The predicted molar refractivity (Wildman–Crippen MR) is 98.8 cm³/mol. The number of carbonyl (C=O) groups is 1. The summed E-state index contributed by atoms with van der Waals surface area (Å²) >= 11 is 1.45. The van der Waals surface area contributed by atoms with E-state index in [2.05, 4.69) is 15.3 Å². The fourth-order valence-corrected chi connectivity index (χ4v) is 3.26. The monoisotopic (exact) mass is 338 g/mol. The Morgan fingerprint density at radius 1 is 1.21 bits per heavy atom. The van der Waals surface area contributed by atoms with Gasteiger partial charge in [0.15, 0.2) is 5.13 Å². The number of anilines is 2. The molecule has 122 valence electrons. The summed E-state index contributed by atoms with van der Waals surface area (Å²) in [7, 11) is 3.89. The third-order valence-corrected chi connectivity index (χ3v) is 4.69. The minimum absolute atomic E-state index is 0.162. The second kappa shape index (κ2) is 6.80. The molecule has 6 heteroatoms. The number of aromatic nitrogens is 2. The van der Waals surface area contributed by atoms with Crippen LogP contribution in [0.2, 0.25) is 0 Å². The average molecular weight is 338 g/mol. The summed E-state index contributed by atoms with van der Waals surface area (Å²) in [6.45, 7) is 1.93. The number of nitrogens with one attached hydrogen (secondary N) is 1. The molecule has 0 aliphatic heterocycles. The van der Waals surface area contributed by atoms with Crippen molar-refractivity contribution in [1.82, 2.24) is 9.97 Å². The number of benzene rings is 1. The molecule has 0 aliphatic carbocycles. The van der Waals surface area contributed by atoms with Crippen LogP contribution < -0.4 is 10.2 Å². The van der Waals surface area contributed by atoms with Crippen LogP contribution in [-0.2, 0) is 0 Å². The Morgan fingerprint density at radius 2 is 2.04 bits per heavy atom. The van der Waals surface area contributed by atoms with Crippen LogP contribution >= 0.6 is 11.3 Å². The fraction of sp³-hybridized carbons (Fsp3) is 0.167. The fourth-order valence-electron chi connectivity index (χ4n) is 2.31. The Kier molecular flexibility index (Phi) is 4.57. The molecule has 2 heterocycles. The summed E-state index contributed by atoms with van der Waals surface area (Å²) in [5.41, 5.74) is 3.47. The SMILES string of the molecule is Cc1nc(NC(=O)c2cccc(N(C)C)c2)sc1-c1cccnc1. The molecule has 1 amide bonds. The lowest BCUT2D eigenvalue weighted by Gasteiger charge is -2.13. The molecule has 5 nitrogen and oxygen atoms in total. The van der Waals surface area contributed by atoms with Crippen LogP contribution in [0, 0.1) is 6.92 Å². The van der Waals surface area contributed by atoms with Crippen molar-refractivity contribution in [3.63, 3.8) is 0 Å². The number of rotatable bonds is 4. The summed E-state index contributed by atoms with van der Waals surface area (Å²) < 4.78 is 0. The molecule has 2 aromatic heterocycles. The maximum Gasteiger partial charge on any atom is 0.257 e. The lowest BCUT2D eigenvalue weighted by molar-refractivity contribution is 0.102. The lowest BCUT2D eigenvalue weighted by atomic mass is 10.2. The maximum absolute atomic E-state index is 12.5. The van der Waals surface area contributed by atoms with E-state index in [0.717, 1.165) is 21.8 Å². The number of hydrogen-bond acceptors (Lipinski definition) is 5. The van der Waals surface area contributed by atoms with Crippen molar-refractivity contribution in [3.05, 3.63) is 60.0 Å². The van der Waals surface area contributed by atoms with Gasteiger partial charge < -0.3 is 4.90 Å². The minimum atomic E-state index is -0.162. The van der Waals surface area contributed by atoms with E-state index < -0.39 is 0 Å². The Labute approximate surface area is 145 Å². The van der Waals surface area contributed by atoms with Crippen molar-refractivity contribution in [1.29, 1.82) is 0 Å². The molecule has 0 aliphatic rings. The highest BCUT2D eigenvalue weighted by molar-refractivity contribution is 7.19. The van der Waals surface area contributed by atoms with E-state index in [9.17, 15) is 4.79 Å². The summed E-state index contributed by atoms with van der Waals surface area (Å²) in [4.78, 5) is 24.0. The Balaban J connectivity index is 1.82. The lowest BCUT2D eigenvalue weighted by Crippen LogP contribution is -2.14. The van der Waals surface area contributed by atoms with E-state index in [-0.39, 0.29) is 5.91 Å². The molecule has 0 unspecified atom stereocenters. The minimum Gasteiger partial charge on any atom is -0.378 e. The number of hydrogen-bond donors (Lipinski definition) is 1.